The molecule has 21 heavy (non-hydrogen) atoms. The molecule has 2 rings (SSSR count). The van der Waals surface area contributed by atoms with Crippen molar-refractivity contribution >= 4 is 44.3 Å². The summed E-state index contributed by atoms with van der Waals surface area (Å²) in [6.07, 6.45) is 0. The van der Waals surface area contributed by atoms with Crippen molar-refractivity contribution in [3.05, 3.63) is 40.2 Å². The highest BCUT2D eigenvalue weighted by atomic mass is 35.5. The Labute approximate surface area is 130 Å². The molecule has 0 radical (unpaired) electrons. The molecule has 0 atom stereocenters. The molecule has 1 aromatic heterocycles. The predicted molar refractivity (Wildman–Crippen MR) is 80.8 cm³/mol. The highest BCUT2D eigenvalue weighted by Crippen LogP contribution is 2.30. The van der Waals surface area contributed by atoms with Crippen LogP contribution in [0.4, 0.5) is 20.2 Å². The zero-order valence-corrected chi connectivity index (χ0v) is 13.4. The van der Waals surface area contributed by atoms with E-state index in [0.29, 0.717) is 4.34 Å². The molecule has 0 unspecified atom stereocenters. The van der Waals surface area contributed by atoms with Crippen molar-refractivity contribution < 1.29 is 17.2 Å². The van der Waals surface area contributed by atoms with Gasteiger partial charge < -0.3 is 4.90 Å². The van der Waals surface area contributed by atoms with Crippen LogP contribution in [0.25, 0.3) is 0 Å². The van der Waals surface area contributed by atoms with Gasteiger partial charge in [0.15, 0.2) is 11.6 Å². The zero-order chi connectivity index (χ0) is 15.8. The first-order valence-corrected chi connectivity index (χ1v) is 8.33. The largest absolute Gasteiger partial charge is 0.373 e. The molecule has 0 aliphatic heterocycles. The molecule has 0 saturated heterocycles. The molecule has 1 aromatic carbocycles. The van der Waals surface area contributed by atoms with Crippen LogP contribution in [-0.4, -0.2) is 22.5 Å². The number of hydrogen-bond acceptors (Lipinski definition) is 4. The number of nitrogens with zero attached hydrogens (tertiary/aromatic N) is 1. The van der Waals surface area contributed by atoms with Crippen molar-refractivity contribution in [1.29, 1.82) is 0 Å². The van der Waals surface area contributed by atoms with Crippen molar-refractivity contribution in [2.75, 3.05) is 23.7 Å². The summed E-state index contributed by atoms with van der Waals surface area (Å²) in [6.45, 7) is 0. The van der Waals surface area contributed by atoms with Crippen LogP contribution in [0.1, 0.15) is 0 Å². The van der Waals surface area contributed by atoms with Crippen LogP contribution in [0, 0.1) is 11.6 Å². The smallest absolute Gasteiger partial charge is 0.271 e. The first-order chi connectivity index (χ1) is 9.70. The topological polar surface area (TPSA) is 49.4 Å². The predicted octanol–water partition coefficient (Wildman–Crippen LogP) is 3.55. The van der Waals surface area contributed by atoms with E-state index in [1.54, 1.807) is 0 Å². The number of halogens is 3. The molecule has 0 saturated carbocycles. The number of sulfonamides is 1. The molecule has 0 amide bonds. The van der Waals surface area contributed by atoms with Crippen LogP contribution >= 0.6 is 22.9 Å². The summed E-state index contributed by atoms with van der Waals surface area (Å²) in [5.41, 5.74) is -0.433. The molecule has 9 heteroatoms. The second kappa shape index (κ2) is 5.78. The Kier molecular flexibility index (Phi) is 4.40. The Morgan fingerprint density at radius 1 is 1.19 bits per heavy atom. The van der Waals surface area contributed by atoms with E-state index in [4.69, 9.17) is 11.6 Å². The molecule has 114 valence electrons. The summed E-state index contributed by atoms with van der Waals surface area (Å²) < 4.78 is 54.1. The maximum Gasteiger partial charge on any atom is 0.271 e. The van der Waals surface area contributed by atoms with E-state index in [9.17, 15) is 17.2 Å². The van der Waals surface area contributed by atoms with Gasteiger partial charge in [0.2, 0.25) is 0 Å². The lowest BCUT2D eigenvalue weighted by Crippen LogP contribution is -2.15. The van der Waals surface area contributed by atoms with Gasteiger partial charge in [0, 0.05) is 26.2 Å². The van der Waals surface area contributed by atoms with Gasteiger partial charge in [0.25, 0.3) is 10.0 Å². The van der Waals surface area contributed by atoms with Gasteiger partial charge in [-0.2, -0.15) is 0 Å². The SMILES string of the molecule is CN(C)c1c(F)cc(NS(=O)(=O)c2ccc(Cl)s2)cc1F. The van der Waals surface area contributed by atoms with E-state index in [-0.39, 0.29) is 15.6 Å². The first kappa shape index (κ1) is 16.0. The third-order valence-electron chi connectivity index (χ3n) is 2.53. The fourth-order valence-electron chi connectivity index (χ4n) is 1.70. The molecule has 1 N–H and O–H groups in total. The Bertz CT molecular complexity index is 752. The summed E-state index contributed by atoms with van der Waals surface area (Å²) in [7, 11) is -0.952. The highest BCUT2D eigenvalue weighted by Gasteiger charge is 2.19. The molecule has 0 aliphatic carbocycles. The second-order valence-electron chi connectivity index (χ2n) is 4.35. The first-order valence-electron chi connectivity index (χ1n) is 5.65. The maximum absolute atomic E-state index is 13.8. The van der Waals surface area contributed by atoms with Gasteiger partial charge >= 0.3 is 0 Å². The van der Waals surface area contributed by atoms with Crippen molar-refractivity contribution in [2.45, 2.75) is 4.21 Å². The summed E-state index contributed by atoms with van der Waals surface area (Å²) >= 11 is 6.53. The number of nitrogens with one attached hydrogen (secondary N) is 1. The standard InChI is InChI=1S/C12H11ClF2N2O2S2/c1-17(2)12-8(14)5-7(6-9(12)15)16-21(18,19)11-4-3-10(13)20-11/h3-6,16H,1-2H3. The normalized spacial score (nSPS) is 11.5. The summed E-state index contributed by atoms with van der Waals surface area (Å²) in [6, 6.07) is 4.59. The van der Waals surface area contributed by atoms with Gasteiger partial charge in [0.05, 0.1) is 10.0 Å². The minimum Gasteiger partial charge on any atom is -0.373 e. The van der Waals surface area contributed by atoms with E-state index < -0.39 is 21.7 Å². The van der Waals surface area contributed by atoms with E-state index in [0.717, 1.165) is 23.5 Å². The fourth-order valence-corrected chi connectivity index (χ4v) is 4.22. The van der Waals surface area contributed by atoms with Crippen LogP contribution in [0.15, 0.2) is 28.5 Å². The van der Waals surface area contributed by atoms with Gasteiger partial charge in [-0.15, -0.1) is 11.3 Å². The molecule has 0 fully saturated rings. The van der Waals surface area contributed by atoms with E-state index in [1.165, 1.54) is 31.1 Å². The molecule has 0 aliphatic rings. The zero-order valence-electron chi connectivity index (χ0n) is 11.0. The quantitative estimate of drug-likeness (QED) is 0.915. The van der Waals surface area contributed by atoms with E-state index >= 15 is 0 Å². The molecule has 1 heterocycles. The fraction of sp³-hybridized carbons (Fsp3) is 0.167. The van der Waals surface area contributed by atoms with Gasteiger partial charge in [-0.25, -0.2) is 17.2 Å². The van der Waals surface area contributed by atoms with Crippen LogP contribution in [0.5, 0.6) is 0 Å². The summed E-state index contributed by atoms with van der Waals surface area (Å²) in [5.74, 6) is -1.72. The Morgan fingerprint density at radius 2 is 1.76 bits per heavy atom. The monoisotopic (exact) mass is 352 g/mol. The third-order valence-corrected chi connectivity index (χ3v) is 5.63. The number of benzene rings is 1. The molecular formula is C12H11ClF2N2O2S2. The van der Waals surface area contributed by atoms with Crippen molar-refractivity contribution in [2.24, 2.45) is 0 Å². The minimum atomic E-state index is -3.92. The number of thiophene rings is 1. The lowest BCUT2D eigenvalue weighted by Gasteiger charge is -2.16. The molecule has 0 spiro atoms. The Hall–Kier alpha value is -1.38. The van der Waals surface area contributed by atoms with Crippen molar-refractivity contribution in [3.63, 3.8) is 0 Å². The van der Waals surface area contributed by atoms with Gasteiger partial charge in [0.1, 0.15) is 9.90 Å². The van der Waals surface area contributed by atoms with Gasteiger partial charge in [-0.3, -0.25) is 4.72 Å². The molecule has 4 nitrogen and oxygen atoms in total. The van der Waals surface area contributed by atoms with Crippen molar-refractivity contribution in [1.82, 2.24) is 0 Å². The van der Waals surface area contributed by atoms with Crippen LogP contribution < -0.4 is 9.62 Å². The van der Waals surface area contributed by atoms with Crippen LogP contribution in [-0.2, 0) is 10.0 Å². The molecular weight excluding hydrogens is 342 g/mol. The van der Waals surface area contributed by atoms with Crippen molar-refractivity contribution in [3.8, 4) is 0 Å². The lowest BCUT2D eigenvalue weighted by molar-refractivity contribution is 0.582. The summed E-state index contributed by atoms with van der Waals surface area (Å²) in [4.78, 5) is 1.27. The lowest BCUT2D eigenvalue weighted by atomic mass is 10.2. The van der Waals surface area contributed by atoms with Crippen LogP contribution in [0.2, 0.25) is 4.34 Å². The maximum atomic E-state index is 13.8. The number of hydrogen-bond donors (Lipinski definition) is 1. The van der Waals surface area contributed by atoms with E-state index in [1.807, 2.05) is 0 Å². The third kappa shape index (κ3) is 3.45. The number of rotatable bonds is 4. The average Bonchev–Trinajstić information content (AvgIpc) is 2.74. The second-order valence-corrected chi connectivity index (χ2v) is 7.97. The minimum absolute atomic E-state index is 0.0370. The number of anilines is 2. The Balaban J connectivity index is 2.36. The highest BCUT2D eigenvalue weighted by molar-refractivity contribution is 7.94. The molecule has 0 bridgehead atoms. The average molecular weight is 353 g/mol. The van der Waals surface area contributed by atoms with Gasteiger partial charge in [-0.05, 0) is 12.1 Å². The van der Waals surface area contributed by atoms with Gasteiger partial charge in [-0.1, -0.05) is 11.6 Å². The Morgan fingerprint density at radius 3 is 2.19 bits per heavy atom. The molecule has 2 aromatic rings. The van der Waals surface area contributed by atoms with Crippen LogP contribution in [0.3, 0.4) is 0 Å². The summed E-state index contributed by atoms with van der Waals surface area (Å²) in [5, 5.41) is 0. The van der Waals surface area contributed by atoms with E-state index in [2.05, 4.69) is 4.72 Å².